The van der Waals surface area contributed by atoms with Crippen LogP contribution in [0.15, 0.2) is 24.3 Å². The Hall–Kier alpha value is -0.980. The molecule has 0 aliphatic heterocycles. The minimum Gasteiger partial charge on any atom is -0.508 e. The maximum absolute atomic E-state index is 9.28. The lowest BCUT2D eigenvalue weighted by Gasteiger charge is -2.30. The van der Waals surface area contributed by atoms with E-state index >= 15 is 0 Å². The summed E-state index contributed by atoms with van der Waals surface area (Å²) in [6.07, 6.45) is 2.32. The Bertz CT molecular complexity index is 300. The van der Waals surface area contributed by atoms with E-state index in [-0.39, 0.29) is 5.41 Å². The molecule has 84 valence electrons. The van der Waals surface area contributed by atoms with Crippen LogP contribution >= 0.6 is 0 Å². The Balaban J connectivity index is 2.95. The highest BCUT2D eigenvalue weighted by Gasteiger charge is 2.25. The van der Waals surface area contributed by atoms with E-state index in [9.17, 15) is 5.11 Å². The molecular formula is C14H22O. The minimum atomic E-state index is 0.238. The van der Waals surface area contributed by atoms with Crippen molar-refractivity contribution in [3.05, 3.63) is 29.8 Å². The first-order chi connectivity index (χ1) is 6.98. The van der Waals surface area contributed by atoms with Gasteiger partial charge in [-0.1, -0.05) is 39.8 Å². The highest BCUT2D eigenvalue weighted by molar-refractivity contribution is 5.31. The molecule has 0 bridgehead atoms. The third-order valence-corrected chi connectivity index (χ3v) is 3.20. The predicted octanol–water partition coefficient (Wildman–Crippen LogP) is 4.11. The SMILES string of the molecule is CCC(C)(CC(C)C)c1ccc(O)cc1. The van der Waals surface area contributed by atoms with Crippen LogP contribution in [0.4, 0.5) is 0 Å². The van der Waals surface area contributed by atoms with Gasteiger partial charge in [-0.05, 0) is 41.9 Å². The number of benzene rings is 1. The Labute approximate surface area is 93.1 Å². The molecule has 1 atom stereocenters. The first-order valence-corrected chi connectivity index (χ1v) is 5.77. The molecule has 1 heteroatoms. The lowest BCUT2D eigenvalue weighted by molar-refractivity contribution is 0.357. The van der Waals surface area contributed by atoms with Gasteiger partial charge < -0.3 is 5.11 Å². The van der Waals surface area contributed by atoms with Crippen LogP contribution in [-0.4, -0.2) is 5.11 Å². The number of phenolic OH excluding ortho intramolecular Hbond substituents is 1. The second-order valence-electron chi connectivity index (χ2n) is 5.06. The molecule has 0 spiro atoms. The molecule has 1 N–H and O–H groups in total. The molecule has 0 aliphatic carbocycles. The number of aromatic hydroxyl groups is 1. The van der Waals surface area contributed by atoms with Crippen LogP contribution in [0.1, 0.15) is 46.1 Å². The maximum atomic E-state index is 9.28. The second-order valence-corrected chi connectivity index (χ2v) is 5.06. The summed E-state index contributed by atoms with van der Waals surface area (Å²) in [4.78, 5) is 0. The van der Waals surface area contributed by atoms with E-state index in [1.807, 2.05) is 12.1 Å². The monoisotopic (exact) mass is 206 g/mol. The summed E-state index contributed by atoms with van der Waals surface area (Å²) in [6.45, 7) is 9.05. The van der Waals surface area contributed by atoms with Crippen LogP contribution in [-0.2, 0) is 5.41 Å². The Morgan fingerprint density at radius 2 is 1.73 bits per heavy atom. The van der Waals surface area contributed by atoms with E-state index < -0.39 is 0 Å². The van der Waals surface area contributed by atoms with Crippen molar-refractivity contribution in [1.29, 1.82) is 0 Å². The van der Waals surface area contributed by atoms with Crippen molar-refractivity contribution in [3.63, 3.8) is 0 Å². The summed E-state index contributed by atoms with van der Waals surface area (Å²) >= 11 is 0. The van der Waals surface area contributed by atoms with Gasteiger partial charge in [0.1, 0.15) is 5.75 Å². The van der Waals surface area contributed by atoms with Gasteiger partial charge in [0.25, 0.3) is 0 Å². The number of hydrogen-bond donors (Lipinski definition) is 1. The van der Waals surface area contributed by atoms with Crippen molar-refractivity contribution in [1.82, 2.24) is 0 Å². The average Bonchev–Trinajstić information content (AvgIpc) is 2.17. The predicted molar refractivity (Wildman–Crippen MR) is 65.2 cm³/mol. The summed E-state index contributed by atoms with van der Waals surface area (Å²) in [6, 6.07) is 7.65. The van der Waals surface area contributed by atoms with Crippen molar-refractivity contribution >= 4 is 0 Å². The zero-order valence-electron chi connectivity index (χ0n) is 10.2. The first-order valence-electron chi connectivity index (χ1n) is 5.77. The van der Waals surface area contributed by atoms with Gasteiger partial charge in [0.2, 0.25) is 0 Å². The van der Waals surface area contributed by atoms with Gasteiger partial charge in [-0.15, -0.1) is 0 Å². The van der Waals surface area contributed by atoms with Gasteiger partial charge in [0, 0.05) is 0 Å². The quantitative estimate of drug-likeness (QED) is 0.786. The van der Waals surface area contributed by atoms with Crippen molar-refractivity contribution in [2.75, 3.05) is 0 Å². The Morgan fingerprint density at radius 3 is 2.13 bits per heavy atom. The molecule has 0 radical (unpaired) electrons. The lowest BCUT2D eigenvalue weighted by atomic mass is 9.74. The fraction of sp³-hybridized carbons (Fsp3) is 0.571. The smallest absolute Gasteiger partial charge is 0.115 e. The molecule has 0 heterocycles. The fourth-order valence-corrected chi connectivity index (χ4v) is 2.23. The third-order valence-electron chi connectivity index (χ3n) is 3.20. The summed E-state index contributed by atoms with van der Waals surface area (Å²) in [5.74, 6) is 1.05. The molecule has 0 aliphatic rings. The standard InChI is InChI=1S/C14H22O/c1-5-14(4,10-11(2)3)12-6-8-13(15)9-7-12/h6-9,11,15H,5,10H2,1-4H3. The van der Waals surface area contributed by atoms with Crippen molar-refractivity contribution in [2.45, 2.75) is 46.0 Å². The van der Waals surface area contributed by atoms with Crippen LogP contribution in [0.2, 0.25) is 0 Å². The molecular weight excluding hydrogens is 184 g/mol. The van der Waals surface area contributed by atoms with Crippen LogP contribution in [0.5, 0.6) is 5.75 Å². The normalized spacial score (nSPS) is 15.3. The molecule has 0 amide bonds. The molecule has 1 aromatic rings. The van der Waals surface area contributed by atoms with Gasteiger partial charge >= 0.3 is 0 Å². The van der Waals surface area contributed by atoms with Gasteiger partial charge in [-0.2, -0.15) is 0 Å². The molecule has 1 nitrogen and oxygen atoms in total. The van der Waals surface area contributed by atoms with Gasteiger partial charge in [-0.3, -0.25) is 0 Å². The summed E-state index contributed by atoms with van der Waals surface area (Å²) < 4.78 is 0. The van der Waals surface area contributed by atoms with Crippen molar-refractivity contribution in [2.24, 2.45) is 5.92 Å². The Kier molecular flexibility index (Phi) is 3.78. The Morgan fingerprint density at radius 1 is 1.20 bits per heavy atom. The molecule has 0 aromatic heterocycles. The highest BCUT2D eigenvalue weighted by atomic mass is 16.3. The fourth-order valence-electron chi connectivity index (χ4n) is 2.23. The summed E-state index contributed by atoms with van der Waals surface area (Å²) in [5, 5.41) is 9.28. The van der Waals surface area contributed by atoms with Gasteiger partial charge in [0.05, 0.1) is 0 Å². The van der Waals surface area contributed by atoms with Crippen molar-refractivity contribution < 1.29 is 5.11 Å². The van der Waals surface area contributed by atoms with E-state index in [4.69, 9.17) is 0 Å². The molecule has 1 unspecified atom stereocenters. The van der Waals surface area contributed by atoms with Crippen LogP contribution < -0.4 is 0 Å². The number of hydrogen-bond acceptors (Lipinski definition) is 1. The van der Waals surface area contributed by atoms with E-state index in [0.29, 0.717) is 11.7 Å². The van der Waals surface area contributed by atoms with E-state index in [2.05, 4.69) is 27.7 Å². The molecule has 1 rings (SSSR count). The molecule has 0 saturated heterocycles. The van der Waals surface area contributed by atoms with Crippen molar-refractivity contribution in [3.8, 4) is 5.75 Å². The van der Waals surface area contributed by atoms with Crippen LogP contribution in [0, 0.1) is 5.92 Å². The van der Waals surface area contributed by atoms with Crippen LogP contribution in [0.3, 0.4) is 0 Å². The molecule has 0 fully saturated rings. The molecule has 15 heavy (non-hydrogen) atoms. The average molecular weight is 206 g/mol. The van der Waals surface area contributed by atoms with E-state index in [1.165, 1.54) is 12.0 Å². The third kappa shape index (κ3) is 2.98. The highest BCUT2D eigenvalue weighted by Crippen LogP contribution is 2.34. The number of rotatable bonds is 4. The zero-order chi connectivity index (χ0) is 11.5. The first kappa shape index (κ1) is 12.1. The van der Waals surface area contributed by atoms with Gasteiger partial charge in [0.15, 0.2) is 0 Å². The topological polar surface area (TPSA) is 20.2 Å². The lowest BCUT2D eigenvalue weighted by Crippen LogP contribution is -2.23. The largest absolute Gasteiger partial charge is 0.508 e. The number of phenols is 1. The zero-order valence-corrected chi connectivity index (χ0v) is 10.2. The summed E-state index contributed by atoms with van der Waals surface area (Å²) in [7, 11) is 0. The minimum absolute atomic E-state index is 0.238. The maximum Gasteiger partial charge on any atom is 0.115 e. The molecule has 1 aromatic carbocycles. The molecule has 0 saturated carbocycles. The van der Waals surface area contributed by atoms with Crippen LogP contribution in [0.25, 0.3) is 0 Å². The van der Waals surface area contributed by atoms with Gasteiger partial charge in [-0.25, -0.2) is 0 Å². The summed E-state index contributed by atoms with van der Waals surface area (Å²) in [5.41, 5.74) is 1.57. The second kappa shape index (κ2) is 4.69. The van der Waals surface area contributed by atoms with E-state index in [0.717, 1.165) is 6.42 Å². The van der Waals surface area contributed by atoms with E-state index in [1.54, 1.807) is 12.1 Å².